The van der Waals surface area contributed by atoms with Crippen molar-refractivity contribution < 1.29 is 22.7 Å². The van der Waals surface area contributed by atoms with Gasteiger partial charge in [0.15, 0.2) is 24.0 Å². The maximum Gasteiger partial charge on any atom is 0.235 e. The van der Waals surface area contributed by atoms with E-state index in [2.05, 4.69) is 0 Å². The number of carbonyl (C=O) groups is 1. The lowest BCUT2D eigenvalue weighted by Gasteiger charge is -2.04. The minimum absolute atomic E-state index is 0.0869. The van der Waals surface area contributed by atoms with Crippen LogP contribution in [-0.2, 0) is 0 Å². The SMILES string of the molecule is O=C(COc1ccc(F)c(F)c1)c1ccco1. The number of ketones is 1. The van der Waals surface area contributed by atoms with Gasteiger partial charge in [-0.15, -0.1) is 0 Å². The van der Waals surface area contributed by atoms with Gasteiger partial charge in [0, 0.05) is 6.07 Å². The van der Waals surface area contributed by atoms with Crippen molar-refractivity contribution in [2.45, 2.75) is 0 Å². The van der Waals surface area contributed by atoms with Crippen LogP contribution in [0.5, 0.6) is 5.75 Å². The molecule has 0 spiro atoms. The predicted molar refractivity (Wildman–Crippen MR) is 54.9 cm³/mol. The third-order valence-electron chi connectivity index (χ3n) is 2.06. The maximum atomic E-state index is 12.8. The van der Waals surface area contributed by atoms with Gasteiger partial charge in [-0.1, -0.05) is 0 Å². The lowest BCUT2D eigenvalue weighted by molar-refractivity contribution is 0.0893. The number of rotatable bonds is 4. The molecule has 0 bridgehead atoms. The molecule has 0 aliphatic rings. The second-order valence-corrected chi connectivity index (χ2v) is 3.27. The Hall–Kier alpha value is -2.17. The molecule has 0 unspecified atom stereocenters. The molecule has 1 aromatic carbocycles. The normalized spacial score (nSPS) is 10.2. The van der Waals surface area contributed by atoms with Crippen LogP contribution < -0.4 is 4.74 Å². The van der Waals surface area contributed by atoms with E-state index in [-0.39, 0.29) is 23.9 Å². The molecule has 2 rings (SSSR count). The molecule has 0 saturated heterocycles. The van der Waals surface area contributed by atoms with E-state index in [1.165, 1.54) is 18.4 Å². The van der Waals surface area contributed by atoms with Crippen LogP contribution in [0.4, 0.5) is 8.78 Å². The molecule has 88 valence electrons. The highest BCUT2D eigenvalue weighted by Gasteiger charge is 2.10. The lowest BCUT2D eigenvalue weighted by atomic mass is 10.3. The van der Waals surface area contributed by atoms with Gasteiger partial charge in [-0.25, -0.2) is 8.78 Å². The van der Waals surface area contributed by atoms with Crippen LogP contribution in [0, 0.1) is 11.6 Å². The van der Waals surface area contributed by atoms with Crippen molar-refractivity contribution in [1.82, 2.24) is 0 Å². The molecule has 5 heteroatoms. The molecule has 0 fully saturated rings. The van der Waals surface area contributed by atoms with Gasteiger partial charge in [0.2, 0.25) is 5.78 Å². The summed E-state index contributed by atoms with van der Waals surface area (Å²) in [5, 5.41) is 0. The molecule has 0 aliphatic carbocycles. The monoisotopic (exact) mass is 238 g/mol. The van der Waals surface area contributed by atoms with Gasteiger partial charge in [-0.05, 0) is 24.3 Å². The molecular formula is C12H8F2O3. The molecule has 3 nitrogen and oxygen atoms in total. The molecule has 0 radical (unpaired) electrons. The summed E-state index contributed by atoms with van der Waals surface area (Å²) in [5.74, 6) is -2.11. The van der Waals surface area contributed by atoms with Crippen LogP contribution in [0.3, 0.4) is 0 Å². The molecule has 0 atom stereocenters. The maximum absolute atomic E-state index is 12.8. The first-order valence-corrected chi connectivity index (χ1v) is 4.81. The third kappa shape index (κ3) is 2.69. The van der Waals surface area contributed by atoms with Crippen molar-refractivity contribution in [2.75, 3.05) is 6.61 Å². The van der Waals surface area contributed by atoms with E-state index in [0.29, 0.717) is 0 Å². The standard InChI is InChI=1S/C12H8F2O3/c13-9-4-3-8(6-10(9)14)17-7-11(15)12-2-1-5-16-12/h1-6H,7H2. The second kappa shape index (κ2) is 4.78. The number of halogens is 2. The molecular weight excluding hydrogens is 230 g/mol. The molecule has 1 aromatic heterocycles. The average molecular weight is 238 g/mol. The zero-order valence-electron chi connectivity index (χ0n) is 8.65. The minimum atomic E-state index is -1.02. The fraction of sp³-hybridized carbons (Fsp3) is 0.0833. The summed E-state index contributed by atoms with van der Waals surface area (Å²) in [5.41, 5.74) is 0. The Balaban J connectivity index is 1.98. The molecule has 1 heterocycles. The van der Waals surface area contributed by atoms with Crippen LogP contribution >= 0.6 is 0 Å². The number of hydrogen-bond acceptors (Lipinski definition) is 3. The Labute approximate surface area is 95.6 Å². The molecule has 0 saturated carbocycles. The first kappa shape index (κ1) is 11.3. The van der Waals surface area contributed by atoms with Crippen molar-refractivity contribution >= 4 is 5.78 Å². The summed E-state index contributed by atoms with van der Waals surface area (Å²) in [6.07, 6.45) is 1.37. The van der Waals surface area contributed by atoms with Crippen LogP contribution in [0.2, 0.25) is 0 Å². The topological polar surface area (TPSA) is 39.4 Å². The highest BCUT2D eigenvalue weighted by atomic mass is 19.2. The summed E-state index contributed by atoms with van der Waals surface area (Å²) in [7, 11) is 0. The fourth-order valence-electron chi connectivity index (χ4n) is 1.22. The quantitative estimate of drug-likeness (QED) is 0.769. The van der Waals surface area contributed by atoms with E-state index >= 15 is 0 Å². The molecule has 0 aliphatic heterocycles. The number of Topliss-reactive ketones (excluding diaryl/α,β-unsaturated/α-hetero) is 1. The largest absolute Gasteiger partial charge is 0.485 e. The number of furan rings is 1. The van der Waals surface area contributed by atoms with Gasteiger partial charge in [0.05, 0.1) is 6.26 Å². The molecule has 2 aromatic rings. The molecule has 0 amide bonds. The van der Waals surface area contributed by atoms with Crippen molar-refractivity contribution in [3.63, 3.8) is 0 Å². The highest BCUT2D eigenvalue weighted by molar-refractivity contribution is 5.94. The molecule has 0 N–H and O–H groups in total. The van der Waals surface area contributed by atoms with E-state index in [1.54, 1.807) is 6.07 Å². The van der Waals surface area contributed by atoms with Crippen molar-refractivity contribution in [1.29, 1.82) is 0 Å². The highest BCUT2D eigenvalue weighted by Crippen LogP contribution is 2.15. The van der Waals surface area contributed by atoms with Crippen LogP contribution in [0.1, 0.15) is 10.6 Å². The van der Waals surface area contributed by atoms with Gasteiger partial charge >= 0.3 is 0 Å². The van der Waals surface area contributed by atoms with Gasteiger partial charge in [-0.3, -0.25) is 4.79 Å². The van der Waals surface area contributed by atoms with E-state index < -0.39 is 11.6 Å². The fourth-order valence-corrected chi connectivity index (χ4v) is 1.22. The Morgan fingerprint density at radius 1 is 1.24 bits per heavy atom. The summed E-state index contributed by atoms with van der Waals surface area (Å²) in [6.45, 7) is -0.293. The van der Waals surface area contributed by atoms with Crippen LogP contribution in [0.25, 0.3) is 0 Å². The molecule has 17 heavy (non-hydrogen) atoms. The summed E-state index contributed by atoms with van der Waals surface area (Å²) in [4.78, 5) is 11.4. The average Bonchev–Trinajstić information content (AvgIpc) is 2.84. The smallest absolute Gasteiger partial charge is 0.235 e. The van der Waals surface area contributed by atoms with Gasteiger partial charge in [0.25, 0.3) is 0 Å². The van der Waals surface area contributed by atoms with Crippen LogP contribution in [0.15, 0.2) is 41.0 Å². The lowest BCUT2D eigenvalue weighted by Crippen LogP contribution is -2.10. The van der Waals surface area contributed by atoms with Crippen molar-refractivity contribution in [2.24, 2.45) is 0 Å². The first-order valence-electron chi connectivity index (χ1n) is 4.81. The Morgan fingerprint density at radius 2 is 2.06 bits per heavy atom. The van der Waals surface area contributed by atoms with E-state index in [9.17, 15) is 13.6 Å². The second-order valence-electron chi connectivity index (χ2n) is 3.27. The van der Waals surface area contributed by atoms with Crippen molar-refractivity contribution in [3.05, 3.63) is 54.0 Å². The van der Waals surface area contributed by atoms with Crippen molar-refractivity contribution in [3.8, 4) is 5.75 Å². The number of hydrogen-bond donors (Lipinski definition) is 0. The van der Waals surface area contributed by atoms with Gasteiger partial charge < -0.3 is 9.15 Å². The Morgan fingerprint density at radius 3 is 2.71 bits per heavy atom. The zero-order valence-corrected chi connectivity index (χ0v) is 8.65. The Kier molecular flexibility index (Phi) is 3.18. The van der Waals surface area contributed by atoms with E-state index in [1.807, 2.05) is 0 Å². The summed E-state index contributed by atoms with van der Waals surface area (Å²) in [6, 6.07) is 6.13. The third-order valence-corrected chi connectivity index (χ3v) is 2.06. The minimum Gasteiger partial charge on any atom is -0.485 e. The number of carbonyl (C=O) groups excluding carboxylic acids is 1. The predicted octanol–water partition coefficient (Wildman–Crippen LogP) is 2.82. The first-order chi connectivity index (χ1) is 8.16. The summed E-state index contributed by atoms with van der Waals surface area (Å²) < 4.78 is 35.3. The van der Waals surface area contributed by atoms with Gasteiger partial charge in [0.1, 0.15) is 5.75 Å². The number of ether oxygens (including phenoxy) is 1. The zero-order chi connectivity index (χ0) is 12.3. The van der Waals surface area contributed by atoms with Gasteiger partial charge in [-0.2, -0.15) is 0 Å². The van der Waals surface area contributed by atoms with E-state index in [0.717, 1.165) is 12.1 Å². The van der Waals surface area contributed by atoms with Crippen LogP contribution in [-0.4, -0.2) is 12.4 Å². The summed E-state index contributed by atoms with van der Waals surface area (Å²) >= 11 is 0. The number of benzene rings is 1. The van der Waals surface area contributed by atoms with E-state index in [4.69, 9.17) is 9.15 Å². The Bertz CT molecular complexity index is 521.